The standard InChI is InChI=1S/C19H30N2O3/c1-2-3-4-5-6-10-13-20-19(24)17(15-22)21-18(23)14-16-11-8-7-9-12-16/h7-9,11-12,17,22H,2-6,10,13-15H2,1H3,(H,20,24)(H,21,23)/t17-/m0/s1. The number of hydrogen-bond acceptors (Lipinski definition) is 3. The van der Waals surface area contributed by atoms with E-state index < -0.39 is 12.6 Å². The monoisotopic (exact) mass is 334 g/mol. The van der Waals surface area contributed by atoms with Gasteiger partial charge in [-0.15, -0.1) is 0 Å². The second kappa shape index (κ2) is 12.5. The SMILES string of the molecule is CCCCCCCCNC(=O)[C@H](CO)NC(=O)Cc1ccccc1. The fraction of sp³-hybridized carbons (Fsp3) is 0.579. The molecule has 1 atom stereocenters. The summed E-state index contributed by atoms with van der Waals surface area (Å²) in [7, 11) is 0. The van der Waals surface area contributed by atoms with E-state index in [1.807, 2.05) is 30.3 Å². The normalized spacial score (nSPS) is 11.8. The molecular formula is C19H30N2O3. The summed E-state index contributed by atoms with van der Waals surface area (Å²) in [4.78, 5) is 24.0. The summed E-state index contributed by atoms with van der Waals surface area (Å²) in [6.07, 6.45) is 7.10. The minimum absolute atomic E-state index is 0.196. The molecule has 0 aliphatic rings. The van der Waals surface area contributed by atoms with Crippen LogP contribution in [0.3, 0.4) is 0 Å². The zero-order valence-corrected chi connectivity index (χ0v) is 14.6. The topological polar surface area (TPSA) is 78.4 Å². The molecule has 5 heteroatoms. The first-order valence-corrected chi connectivity index (χ1v) is 8.89. The van der Waals surface area contributed by atoms with Crippen LogP contribution in [-0.4, -0.2) is 36.1 Å². The largest absolute Gasteiger partial charge is 0.394 e. The smallest absolute Gasteiger partial charge is 0.244 e. The van der Waals surface area contributed by atoms with E-state index in [4.69, 9.17) is 0 Å². The quantitative estimate of drug-likeness (QED) is 0.513. The summed E-state index contributed by atoms with van der Waals surface area (Å²) in [5.74, 6) is -0.595. The van der Waals surface area contributed by atoms with Gasteiger partial charge in [0.15, 0.2) is 0 Å². The van der Waals surface area contributed by atoms with Crippen LogP contribution < -0.4 is 10.6 Å². The van der Waals surface area contributed by atoms with Crippen molar-refractivity contribution in [1.82, 2.24) is 10.6 Å². The number of rotatable bonds is 12. The number of benzene rings is 1. The van der Waals surface area contributed by atoms with E-state index in [-0.39, 0.29) is 18.2 Å². The van der Waals surface area contributed by atoms with Crippen LogP contribution in [0.2, 0.25) is 0 Å². The van der Waals surface area contributed by atoms with Gasteiger partial charge in [0.05, 0.1) is 13.0 Å². The second-order valence-electron chi connectivity index (χ2n) is 6.02. The highest BCUT2D eigenvalue weighted by Crippen LogP contribution is 2.04. The Morgan fingerprint density at radius 3 is 2.38 bits per heavy atom. The lowest BCUT2D eigenvalue weighted by Crippen LogP contribution is -2.49. The van der Waals surface area contributed by atoms with Crippen LogP contribution in [0.1, 0.15) is 51.0 Å². The number of unbranched alkanes of at least 4 members (excludes halogenated alkanes) is 5. The van der Waals surface area contributed by atoms with Crippen LogP contribution in [0.15, 0.2) is 30.3 Å². The molecule has 0 bridgehead atoms. The van der Waals surface area contributed by atoms with E-state index in [2.05, 4.69) is 17.6 Å². The number of carbonyl (C=O) groups excluding carboxylic acids is 2. The van der Waals surface area contributed by atoms with Crippen molar-refractivity contribution >= 4 is 11.8 Å². The van der Waals surface area contributed by atoms with Gasteiger partial charge in [-0.1, -0.05) is 69.4 Å². The Balaban J connectivity index is 2.24. The van der Waals surface area contributed by atoms with E-state index in [0.29, 0.717) is 6.54 Å². The lowest BCUT2D eigenvalue weighted by Gasteiger charge is -2.16. The third-order valence-corrected chi connectivity index (χ3v) is 3.87. The highest BCUT2D eigenvalue weighted by molar-refractivity contribution is 5.88. The van der Waals surface area contributed by atoms with E-state index in [9.17, 15) is 14.7 Å². The summed E-state index contributed by atoms with van der Waals surface area (Å²) < 4.78 is 0. The molecule has 134 valence electrons. The summed E-state index contributed by atoms with van der Waals surface area (Å²) in [6.45, 7) is 2.36. The molecule has 1 rings (SSSR count). The maximum absolute atomic E-state index is 12.0. The molecular weight excluding hydrogens is 304 g/mol. The number of aliphatic hydroxyl groups is 1. The number of nitrogens with one attached hydrogen (secondary N) is 2. The van der Waals surface area contributed by atoms with Crippen LogP contribution >= 0.6 is 0 Å². The molecule has 0 aliphatic heterocycles. The van der Waals surface area contributed by atoms with Crippen LogP contribution in [0.4, 0.5) is 0 Å². The highest BCUT2D eigenvalue weighted by atomic mass is 16.3. The van der Waals surface area contributed by atoms with Crippen molar-refractivity contribution in [3.8, 4) is 0 Å². The van der Waals surface area contributed by atoms with Crippen molar-refractivity contribution in [1.29, 1.82) is 0 Å². The Hall–Kier alpha value is -1.88. The van der Waals surface area contributed by atoms with E-state index in [0.717, 1.165) is 18.4 Å². The first-order chi connectivity index (χ1) is 11.7. The van der Waals surface area contributed by atoms with Gasteiger partial charge in [0.1, 0.15) is 6.04 Å². The molecule has 5 nitrogen and oxygen atoms in total. The van der Waals surface area contributed by atoms with Gasteiger partial charge in [-0.05, 0) is 12.0 Å². The molecule has 1 aromatic rings. The van der Waals surface area contributed by atoms with E-state index >= 15 is 0 Å². The molecule has 0 spiro atoms. The van der Waals surface area contributed by atoms with E-state index in [1.165, 1.54) is 25.7 Å². The van der Waals surface area contributed by atoms with Gasteiger partial charge < -0.3 is 15.7 Å². The van der Waals surface area contributed by atoms with Crippen LogP contribution in [0.5, 0.6) is 0 Å². The Morgan fingerprint density at radius 1 is 1.04 bits per heavy atom. The fourth-order valence-corrected chi connectivity index (χ4v) is 2.46. The van der Waals surface area contributed by atoms with Crippen molar-refractivity contribution in [2.45, 2.75) is 57.9 Å². The summed E-state index contributed by atoms with van der Waals surface area (Å²) in [5.41, 5.74) is 0.874. The molecule has 0 heterocycles. The molecule has 0 saturated heterocycles. The predicted molar refractivity (Wildman–Crippen MR) is 95.5 cm³/mol. The minimum Gasteiger partial charge on any atom is -0.394 e. The Labute approximate surface area is 144 Å². The molecule has 0 saturated carbocycles. The van der Waals surface area contributed by atoms with Gasteiger partial charge in [-0.25, -0.2) is 0 Å². The van der Waals surface area contributed by atoms with Crippen LogP contribution in [0.25, 0.3) is 0 Å². The molecule has 2 amide bonds. The Morgan fingerprint density at radius 2 is 1.71 bits per heavy atom. The van der Waals surface area contributed by atoms with Crippen molar-refractivity contribution < 1.29 is 14.7 Å². The average molecular weight is 334 g/mol. The maximum Gasteiger partial charge on any atom is 0.244 e. The lowest BCUT2D eigenvalue weighted by atomic mass is 10.1. The number of aliphatic hydroxyl groups excluding tert-OH is 1. The molecule has 3 N–H and O–H groups in total. The first kappa shape index (κ1) is 20.2. The maximum atomic E-state index is 12.0. The van der Waals surface area contributed by atoms with E-state index in [1.54, 1.807) is 0 Å². The van der Waals surface area contributed by atoms with Crippen molar-refractivity contribution in [3.05, 3.63) is 35.9 Å². The third-order valence-electron chi connectivity index (χ3n) is 3.87. The number of hydrogen-bond donors (Lipinski definition) is 3. The van der Waals surface area contributed by atoms with Gasteiger partial charge in [0.25, 0.3) is 0 Å². The molecule has 0 fully saturated rings. The number of amides is 2. The molecule has 0 unspecified atom stereocenters. The highest BCUT2D eigenvalue weighted by Gasteiger charge is 2.19. The van der Waals surface area contributed by atoms with Gasteiger partial charge in [-0.2, -0.15) is 0 Å². The molecule has 24 heavy (non-hydrogen) atoms. The van der Waals surface area contributed by atoms with Crippen molar-refractivity contribution in [3.63, 3.8) is 0 Å². The average Bonchev–Trinajstić information content (AvgIpc) is 2.59. The van der Waals surface area contributed by atoms with Gasteiger partial charge in [-0.3, -0.25) is 9.59 Å². The summed E-state index contributed by atoms with van der Waals surface area (Å²) in [5, 5.41) is 14.7. The lowest BCUT2D eigenvalue weighted by molar-refractivity contribution is -0.129. The minimum atomic E-state index is -0.888. The van der Waals surface area contributed by atoms with Gasteiger partial charge in [0, 0.05) is 6.54 Å². The molecule has 0 radical (unpaired) electrons. The fourth-order valence-electron chi connectivity index (χ4n) is 2.46. The van der Waals surface area contributed by atoms with Gasteiger partial charge in [0.2, 0.25) is 11.8 Å². The predicted octanol–water partition coefficient (Wildman–Crippen LogP) is 2.18. The summed E-state index contributed by atoms with van der Waals surface area (Å²) >= 11 is 0. The Bertz CT molecular complexity index is 477. The number of carbonyl (C=O) groups is 2. The molecule has 0 aliphatic carbocycles. The van der Waals surface area contributed by atoms with Crippen LogP contribution in [-0.2, 0) is 16.0 Å². The third kappa shape index (κ3) is 8.67. The van der Waals surface area contributed by atoms with Gasteiger partial charge >= 0.3 is 0 Å². The van der Waals surface area contributed by atoms with Crippen molar-refractivity contribution in [2.75, 3.05) is 13.2 Å². The first-order valence-electron chi connectivity index (χ1n) is 8.89. The zero-order valence-electron chi connectivity index (χ0n) is 14.6. The zero-order chi connectivity index (χ0) is 17.6. The Kier molecular flexibility index (Phi) is 10.5. The van der Waals surface area contributed by atoms with Crippen LogP contribution in [0, 0.1) is 0 Å². The van der Waals surface area contributed by atoms with Crippen molar-refractivity contribution in [2.24, 2.45) is 0 Å². The molecule has 1 aromatic carbocycles. The summed E-state index contributed by atoms with van der Waals surface area (Å²) in [6, 6.07) is 8.42. The second-order valence-corrected chi connectivity index (χ2v) is 6.02. The molecule has 0 aromatic heterocycles.